The number of hydrogen-bond acceptors (Lipinski definition) is 4. The SMILES string of the molecule is COc1c(F)c(F)c(COC(=O)C2C(/C=C(/C)C=O)C2(C)C)c(F)c1F. The van der Waals surface area contributed by atoms with Gasteiger partial charge in [-0.1, -0.05) is 19.9 Å². The molecule has 26 heavy (non-hydrogen) atoms. The van der Waals surface area contributed by atoms with Crippen molar-refractivity contribution in [1.29, 1.82) is 0 Å². The number of allylic oxidation sites excluding steroid dienone is 2. The van der Waals surface area contributed by atoms with E-state index in [1.165, 1.54) is 0 Å². The van der Waals surface area contributed by atoms with Gasteiger partial charge in [0.15, 0.2) is 17.4 Å². The molecule has 1 aliphatic rings. The van der Waals surface area contributed by atoms with Crippen molar-refractivity contribution in [2.75, 3.05) is 7.11 Å². The van der Waals surface area contributed by atoms with Crippen LogP contribution in [0.3, 0.4) is 0 Å². The van der Waals surface area contributed by atoms with Crippen LogP contribution in [0.4, 0.5) is 17.6 Å². The molecule has 0 saturated heterocycles. The lowest BCUT2D eigenvalue weighted by Crippen LogP contribution is -2.14. The second-order valence-electron chi connectivity index (χ2n) is 6.73. The fourth-order valence-electron chi connectivity index (χ4n) is 2.96. The predicted molar refractivity (Wildman–Crippen MR) is 83.2 cm³/mol. The predicted octanol–water partition coefficient (Wildman–Crippen LogP) is 3.71. The Hall–Kier alpha value is -2.38. The normalized spacial score (nSPS) is 21.3. The summed E-state index contributed by atoms with van der Waals surface area (Å²) in [5, 5.41) is 0. The monoisotopic (exact) mass is 374 g/mol. The third-order valence-electron chi connectivity index (χ3n) is 4.67. The van der Waals surface area contributed by atoms with Gasteiger partial charge in [-0.25, -0.2) is 8.78 Å². The zero-order valence-corrected chi connectivity index (χ0v) is 14.7. The summed E-state index contributed by atoms with van der Waals surface area (Å²) >= 11 is 0. The molecule has 1 fully saturated rings. The number of methoxy groups -OCH3 is 1. The molecule has 0 N–H and O–H groups in total. The van der Waals surface area contributed by atoms with E-state index in [0.29, 0.717) is 11.9 Å². The highest BCUT2D eigenvalue weighted by Gasteiger charge is 2.61. The van der Waals surface area contributed by atoms with Crippen LogP contribution in [-0.2, 0) is 20.9 Å². The summed E-state index contributed by atoms with van der Waals surface area (Å²) in [5.74, 6) is -9.64. The van der Waals surface area contributed by atoms with Crippen LogP contribution in [0.5, 0.6) is 5.75 Å². The van der Waals surface area contributed by atoms with E-state index in [2.05, 4.69) is 4.74 Å². The van der Waals surface area contributed by atoms with Gasteiger partial charge < -0.3 is 9.47 Å². The van der Waals surface area contributed by atoms with Crippen molar-refractivity contribution in [3.05, 3.63) is 40.5 Å². The zero-order valence-electron chi connectivity index (χ0n) is 14.7. The fourth-order valence-corrected chi connectivity index (χ4v) is 2.96. The molecule has 0 amide bonds. The van der Waals surface area contributed by atoms with Crippen molar-refractivity contribution >= 4 is 12.3 Å². The first-order chi connectivity index (χ1) is 12.1. The number of benzene rings is 1. The fraction of sp³-hybridized carbons (Fsp3) is 0.444. The minimum atomic E-state index is -1.70. The Balaban J connectivity index is 2.18. The molecular weight excluding hydrogens is 356 g/mol. The van der Waals surface area contributed by atoms with Crippen molar-refractivity contribution in [1.82, 2.24) is 0 Å². The third kappa shape index (κ3) is 3.32. The van der Waals surface area contributed by atoms with Crippen molar-refractivity contribution in [2.24, 2.45) is 17.3 Å². The van der Waals surface area contributed by atoms with E-state index in [1.807, 2.05) is 0 Å². The quantitative estimate of drug-likeness (QED) is 0.250. The second-order valence-corrected chi connectivity index (χ2v) is 6.73. The molecular formula is C18H18F4O4. The van der Waals surface area contributed by atoms with Gasteiger partial charge in [0, 0.05) is 0 Å². The second kappa shape index (κ2) is 7.09. The molecule has 1 saturated carbocycles. The molecule has 4 nitrogen and oxygen atoms in total. The molecule has 8 heteroatoms. The Kier molecular flexibility index (Phi) is 5.44. The number of aldehydes is 1. The first kappa shape index (κ1) is 19.9. The minimum absolute atomic E-state index is 0.278. The average Bonchev–Trinajstić information content (AvgIpc) is 3.13. The van der Waals surface area contributed by atoms with E-state index in [9.17, 15) is 27.2 Å². The minimum Gasteiger partial charge on any atom is -0.491 e. The molecule has 1 aromatic carbocycles. The van der Waals surface area contributed by atoms with Crippen molar-refractivity contribution in [2.45, 2.75) is 27.4 Å². The zero-order chi connectivity index (χ0) is 19.8. The maximum absolute atomic E-state index is 13.9. The summed E-state index contributed by atoms with van der Waals surface area (Å²) in [6.45, 7) is 4.15. The number of esters is 1. The number of carbonyl (C=O) groups excluding carboxylic acids is 2. The van der Waals surface area contributed by atoms with Gasteiger partial charge in [-0.3, -0.25) is 9.59 Å². The van der Waals surface area contributed by atoms with Crippen LogP contribution in [0.25, 0.3) is 0 Å². The lowest BCUT2D eigenvalue weighted by molar-refractivity contribution is -0.147. The maximum Gasteiger partial charge on any atom is 0.310 e. The molecule has 1 aromatic rings. The molecule has 0 bridgehead atoms. The molecule has 142 valence electrons. The molecule has 0 radical (unpaired) electrons. The number of ether oxygens (including phenoxy) is 2. The summed E-state index contributed by atoms with van der Waals surface area (Å²) in [7, 11) is 0.865. The Morgan fingerprint density at radius 1 is 1.12 bits per heavy atom. The van der Waals surface area contributed by atoms with Gasteiger partial charge in [0.05, 0.1) is 18.6 Å². The Bertz CT molecular complexity index is 757. The van der Waals surface area contributed by atoms with E-state index in [4.69, 9.17) is 4.74 Å². The van der Waals surface area contributed by atoms with E-state index >= 15 is 0 Å². The first-order valence-corrected chi connectivity index (χ1v) is 7.76. The number of rotatable bonds is 6. The van der Waals surface area contributed by atoms with Gasteiger partial charge in [0.1, 0.15) is 12.9 Å². The largest absolute Gasteiger partial charge is 0.491 e. The molecule has 0 heterocycles. The van der Waals surface area contributed by atoms with Gasteiger partial charge in [-0.15, -0.1) is 0 Å². The van der Waals surface area contributed by atoms with Gasteiger partial charge in [0.25, 0.3) is 0 Å². The van der Waals surface area contributed by atoms with Crippen LogP contribution < -0.4 is 4.74 Å². The van der Waals surface area contributed by atoms with Crippen molar-refractivity contribution in [3.8, 4) is 5.75 Å². The van der Waals surface area contributed by atoms with E-state index < -0.39 is 58.5 Å². The topological polar surface area (TPSA) is 52.6 Å². The Labute approximate surface area is 147 Å². The third-order valence-corrected chi connectivity index (χ3v) is 4.67. The Morgan fingerprint density at radius 2 is 1.65 bits per heavy atom. The first-order valence-electron chi connectivity index (χ1n) is 7.76. The number of halogens is 4. The molecule has 2 rings (SSSR count). The van der Waals surface area contributed by atoms with E-state index in [1.54, 1.807) is 26.8 Å². The molecule has 0 aromatic heterocycles. The number of carbonyl (C=O) groups is 2. The smallest absolute Gasteiger partial charge is 0.310 e. The summed E-state index contributed by atoms with van der Waals surface area (Å²) in [6, 6.07) is 0. The molecule has 0 aliphatic heterocycles. The van der Waals surface area contributed by atoms with Gasteiger partial charge >= 0.3 is 5.97 Å². The highest BCUT2D eigenvalue weighted by atomic mass is 19.2. The summed E-state index contributed by atoms with van der Waals surface area (Å²) in [4.78, 5) is 22.9. The van der Waals surface area contributed by atoms with Crippen LogP contribution in [0.1, 0.15) is 26.3 Å². The lowest BCUT2D eigenvalue weighted by atomic mass is 10.1. The van der Waals surface area contributed by atoms with Crippen LogP contribution in [0.2, 0.25) is 0 Å². The average molecular weight is 374 g/mol. The molecule has 2 atom stereocenters. The lowest BCUT2D eigenvalue weighted by Gasteiger charge is -2.11. The molecule has 1 aliphatic carbocycles. The summed E-state index contributed by atoms with van der Waals surface area (Å²) < 4.78 is 64.3. The highest BCUT2D eigenvalue weighted by molar-refractivity contribution is 5.79. The van der Waals surface area contributed by atoms with Crippen molar-refractivity contribution < 1.29 is 36.6 Å². The molecule has 0 spiro atoms. The van der Waals surface area contributed by atoms with Crippen LogP contribution >= 0.6 is 0 Å². The van der Waals surface area contributed by atoms with E-state index in [-0.39, 0.29) is 5.92 Å². The summed E-state index contributed by atoms with van der Waals surface area (Å²) in [5.41, 5.74) is -1.10. The van der Waals surface area contributed by atoms with Gasteiger partial charge in [-0.05, 0) is 23.8 Å². The summed E-state index contributed by atoms with van der Waals surface area (Å²) in [6.07, 6.45) is 2.26. The van der Waals surface area contributed by atoms with Crippen LogP contribution in [-0.4, -0.2) is 19.4 Å². The van der Waals surface area contributed by atoms with Crippen LogP contribution in [0.15, 0.2) is 11.6 Å². The number of hydrogen-bond donors (Lipinski definition) is 0. The standard InChI is InChI=1S/C18H18F4O4/c1-8(6-23)5-10-11(18(10,2)3)17(24)26-7-9-12(19)14(21)16(25-4)15(22)13(9)20/h5-6,10-11H,7H2,1-4H3/b8-5-. The highest BCUT2D eigenvalue weighted by Crippen LogP contribution is 2.59. The molecule has 2 unspecified atom stereocenters. The van der Waals surface area contributed by atoms with E-state index in [0.717, 1.165) is 7.11 Å². The maximum atomic E-state index is 13.9. The van der Waals surface area contributed by atoms with Gasteiger partial charge in [-0.2, -0.15) is 8.78 Å². The van der Waals surface area contributed by atoms with Gasteiger partial charge in [0.2, 0.25) is 11.6 Å². The van der Waals surface area contributed by atoms with Crippen molar-refractivity contribution in [3.63, 3.8) is 0 Å². The van der Waals surface area contributed by atoms with Crippen LogP contribution in [0, 0.1) is 40.5 Å². The Morgan fingerprint density at radius 3 is 2.12 bits per heavy atom.